The van der Waals surface area contributed by atoms with Crippen LogP contribution in [0.3, 0.4) is 0 Å². The third-order valence-corrected chi connectivity index (χ3v) is 11.5. The van der Waals surface area contributed by atoms with Crippen LogP contribution in [0.2, 0.25) is 5.23 Å². The van der Waals surface area contributed by atoms with Crippen LogP contribution in [-0.4, -0.2) is 56.4 Å². The molecule has 20 heavy (non-hydrogen) atoms. The molecule has 3 aliphatic heterocycles. The summed E-state index contributed by atoms with van der Waals surface area (Å²) in [7, 11) is 5.10. The van der Waals surface area contributed by atoms with Crippen LogP contribution in [0, 0.1) is 0 Å². The van der Waals surface area contributed by atoms with Crippen LogP contribution in [0.1, 0.15) is 19.3 Å². The van der Waals surface area contributed by atoms with Crippen molar-refractivity contribution in [3.8, 4) is 0 Å². The second-order valence-corrected chi connectivity index (χ2v) is 11.3. The Morgan fingerprint density at radius 1 is 0.850 bits per heavy atom. The molecular formula is C13H24O6Ti. The molecule has 0 spiro atoms. The van der Waals surface area contributed by atoms with Crippen LogP contribution >= 0.6 is 0 Å². The molecule has 0 N–H and O–H groups in total. The van der Waals surface area contributed by atoms with E-state index in [2.05, 4.69) is 5.23 Å². The predicted octanol–water partition coefficient (Wildman–Crippen LogP) is 1.35. The number of hydrogen-bond acceptors (Lipinski definition) is 6. The average Bonchev–Trinajstić information content (AvgIpc) is 2.32. The van der Waals surface area contributed by atoms with Crippen molar-refractivity contribution < 1.29 is 42.9 Å². The molecule has 0 amide bonds. The molecule has 0 aliphatic carbocycles. The third kappa shape index (κ3) is 1.54. The van der Waals surface area contributed by atoms with Gasteiger partial charge in [0.15, 0.2) is 0 Å². The molecule has 3 atom stereocenters. The number of rotatable bonds is 6. The molecule has 0 aromatic carbocycles. The van der Waals surface area contributed by atoms with E-state index in [1.54, 1.807) is 21.3 Å². The van der Waals surface area contributed by atoms with E-state index in [1.807, 2.05) is 0 Å². The van der Waals surface area contributed by atoms with E-state index in [-0.39, 0.29) is 0 Å². The Bertz CT molecular complexity index is 337. The molecule has 0 radical (unpaired) electrons. The summed E-state index contributed by atoms with van der Waals surface area (Å²) in [6.07, 6.45) is 2.55. The molecule has 3 aliphatic rings. The fraction of sp³-hybridized carbons (Fsp3) is 1.00. The van der Waals surface area contributed by atoms with Gasteiger partial charge >= 0.3 is 124 Å². The minimum absolute atomic E-state index is 0.523. The summed E-state index contributed by atoms with van der Waals surface area (Å²) in [6, 6.07) is 0. The molecule has 0 saturated carbocycles. The zero-order valence-electron chi connectivity index (χ0n) is 12.7. The summed E-state index contributed by atoms with van der Waals surface area (Å²) in [6.45, 7) is 2.10. The molecule has 0 aromatic rings. The second-order valence-electron chi connectivity index (χ2n) is 5.76. The molecule has 3 saturated heterocycles. The van der Waals surface area contributed by atoms with Crippen molar-refractivity contribution >= 4 is 0 Å². The second kappa shape index (κ2) is 5.00. The van der Waals surface area contributed by atoms with Crippen LogP contribution in [-0.2, 0) is 42.9 Å². The summed E-state index contributed by atoms with van der Waals surface area (Å²) < 4.78 is 34.9. The van der Waals surface area contributed by atoms with Crippen molar-refractivity contribution in [3.05, 3.63) is 0 Å². The van der Waals surface area contributed by atoms with E-state index in [1.165, 1.54) is 0 Å². The van der Waals surface area contributed by atoms with Gasteiger partial charge in [0.2, 0.25) is 0 Å². The Hall–Kier alpha value is 0.474. The van der Waals surface area contributed by atoms with E-state index in [0.717, 1.165) is 19.3 Å². The Morgan fingerprint density at radius 3 is 1.55 bits per heavy atom. The Morgan fingerprint density at radius 2 is 1.35 bits per heavy atom. The molecule has 116 valence electrons. The molecule has 3 rings (SSSR count). The van der Waals surface area contributed by atoms with E-state index < -0.39 is 32.7 Å². The SMILES string of the molecule is COC1(C2([C]3([Ti]([CH3])([O]C)[O]C)CCO3)CCO2)CCO1. The van der Waals surface area contributed by atoms with Gasteiger partial charge in [-0.25, -0.2) is 0 Å². The fourth-order valence-corrected chi connectivity index (χ4v) is 8.41. The molecule has 3 fully saturated rings. The summed E-state index contributed by atoms with van der Waals surface area (Å²) in [4.78, 5) is 0. The van der Waals surface area contributed by atoms with Gasteiger partial charge in [0.25, 0.3) is 0 Å². The van der Waals surface area contributed by atoms with E-state index in [4.69, 9.17) is 25.6 Å². The van der Waals surface area contributed by atoms with Gasteiger partial charge in [-0.15, -0.1) is 0 Å². The monoisotopic (exact) mass is 324 g/mol. The first-order chi connectivity index (χ1) is 9.55. The Balaban J connectivity index is 2.02. The standard InChI is InChI=1S/C10H15O4.2CH3O.CH3.Ti/c1-11-10(4-7-14-10)9(3-6-13-9)8-2-5-12-8;2*1-2;;/h2-7H2,1H3;2*1H3;1H3;/q;2*-1;;+2. The van der Waals surface area contributed by atoms with Crippen molar-refractivity contribution in [2.75, 3.05) is 41.2 Å². The first-order valence-electron chi connectivity index (χ1n) is 7.13. The topological polar surface area (TPSA) is 55.4 Å². The summed E-state index contributed by atoms with van der Waals surface area (Å²) in [5, 5.41) is 2.07. The first kappa shape index (κ1) is 15.4. The molecule has 3 heterocycles. The van der Waals surface area contributed by atoms with Crippen LogP contribution in [0.15, 0.2) is 0 Å². The van der Waals surface area contributed by atoms with Crippen molar-refractivity contribution in [2.24, 2.45) is 0 Å². The Kier molecular flexibility index (Phi) is 3.84. The van der Waals surface area contributed by atoms with Gasteiger partial charge < -0.3 is 0 Å². The van der Waals surface area contributed by atoms with E-state index in [0.29, 0.717) is 19.8 Å². The van der Waals surface area contributed by atoms with Crippen molar-refractivity contribution in [1.82, 2.24) is 0 Å². The van der Waals surface area contributed by atoms with Crippen LogP contribution in [0.5, 0.6) is 0 Å². The molecule has 3 unspecified atom stereocenters. The summed E-state index contributed by atoms with van der Waals surface area (Å²) in [5.41, 5.74) is -0.591. The predicted molar refractivity (Wildman–Crippen MR) is 66.8 cm³/mol. The van der Waals surface area contributed by atoms with E-state index in [9.17, 15) is 0 Å². The summed E-state index contributed by atoms with van der Waals surface area (Å²) in [5.74, 6) is -0.713. The van der Waals surface area contributed by atoms with E-state index >= 15 is 0 Å². The maximum absolute atomic E-state index is 6.10. The minimum atomic E-state index is -3.17. The maximum atomic E-state index is 6.10. The fourth-order valence-electron chi connectivity index (χ4n) is 3.93. The van der Waals surface area contributed by atoms with Gasteiger partial charge in [0.05, 0.1) is 0 Å². The third-order valence-electron chi connectivity index (χ3n) is 5.48. The zero-order valence-corrected chi connectivity index (χ0v) is 14.3. The number of methoxy groups -OCH3 is 1. The molecule has 0 bridgehead atoms. The number of hydrogen-bond donors (Lipinski definition) is 0. The van der Waals surface area contributed by atoms with Gasteiger partial charge in [-0.3, -0.25) is 0 Å². The summed E-state index contributed by atoms with van der Waals surface area (Å²) >= 11 is -3.17. The van der Waals surface area contributed by atoms with Gasteiger partial charge in [-0.1, -0.05) is 0 Å². The van der Waals surface area contributed by atoms with Crippen LogP contribution < -0.4 is 0 Å². The van der Waals surface area contributed by atoms with Gasteiger partial charge in [0, 0.05) is 0 Å². The molecule has 6 nitrogen and oxygen atoms in total. The van der Waals surface area contributed by atoms with Crippen molar-refractivity contribution in [1.29, 1.82) is 0 Å². The first-order valence-corrected chi connectivity index (χ1v) is 10.7. The van der Waals surface area contributed by atoms with Crippen LogP contribution in [0.25, 0.3) is 0 Å². The van der Waals surface area contributed by atoms with Gasteiger partial charge in [-0.05, 0) is 0 Å². The average molecular weight is 324 g/mol. The van der Waals surface area contributed by atoms with Gasteiger partial charge in [0.1, 0.15) is 0 Å². The molecule has 7 heteroatoms. The van der Waals surface area contributed by atoms with Gasteiger partial charge in [-0.2, -0.15) is 0 Å². The molecular weight excluding hydrogens is 300 g/mol. The number of ether oxygens (including phenoxy) is 4. The van der Waals surface area contributed by atoms with Crippen LogP contribution in [0.4, 0.5) is 0 Å². The van der Waals surface area contributed by atoms with Crippen molar-refractivity contribution in [3.63, 3.8) is 0 Å². The zero-order chi connectivity index (χ0) is 14.5. The Labute approximate surface area is 124 Å². The quantitative estimate of drug-likeness (QED) is 0.688. The van der Waals surface area contributed by atoms with Crippen molar-refractivity contribution in [2.45, 2.75) is 39.8 Å². The normalized spacial score (nSPS) is 44.4. The molecule has 0 aromatic heterocycles.